The minimum absolute atomic E-state index is 0.0808. The lowest BCUT2D eigenvalue weighted by Gasteiger charge is -2.50. The van der Waals surface area contributed by atoms with Gasteiger partial charge in [-0.3, -0.25) is 9.69 Å². The Morgan fingerprint density at radius 2 is 1.65 bits per heavy atom. The Balaban J connectivity index is 0.000000231. The number of carboxylic acid groups (broad SMARTS) is 1. The van der Waals surface area contributed by atoms with Crippen molar-refractivity contribution in [3.8, 4) is 0 Å². The molecule has 3 heteroatoms. The van der Waals surface area contributed by atoms with Crippen molar-refractivity contribution < 1.29 is 9.90 Å². The first-order valence-electron chi connectivity index (χ1n) is 8.25. The van der Waals surface area contributed by atoms with Gasteiger partial charge in [0.1, 0.15) is 0 Å². The highest BCUT2D eigenvalue weighted by Gasteiger charge is 2.38. The Labute approximate surface area is 141 Å². The minimum Gasteiger partial charge on any atom is -0.481 e. The summed E-state index contributed by atoms with van der Waals surface area (Å²) in [5.41, 5.74) is 2.63. The molecule has 0 unspecified atom stereocenters. The van der Waals surface area contributed by atoms with Crippen molar-refractivity contribution in [1.82, 2.24) is 4.90 Å². The van der Waals surface area contributed by atoms with Crippen molar-refractivity contribution in [1.29, 1.82) is 0 Å². The predicted octanol–water partition coefficient (Wildman–Crippen LogP) is 4.62. The largest absolute Gasteiger partial charge is 0.481 e. The number of hydrogen-bond acceptors (Lipinski definition) is 2. The van der Waals surface area contributed by atoms with Gasteiger partial charge < -0.3 is 5.11 Å². The standard InChI is InChI=1S/C10H21N.C10H10O2/c1-9(2)7-6-8-10(3,4)11(9)5;1-2-8-3-5-9(6-4-8)7-10(11)12/h6-8H2,1-5H3;2-6H,1,7H2,(H,11,12). The van der Waals surface area contributed by atoms with Crippen LogP contribution in [0.15, 0.2) is 30.8 Å². The van der Waals surface area contributed by atoms with Gasteiger partial charge in [-0.25, -0.2) is 0 Å². The molecule has 0 radical (unpaired) electrons. The van der Waals surface area contributed by atoms with E-state index in [0.29, 0.717) is 11.1 Å². The smallest absolute Gasteiger partial charge is 0.307 e. The van der Waals surface area contributed by atoms with E-state index in [1.807, 2.05) is 12.1 Å². The summed E-state index contributed by atoms with van der Waals surface area (Å²) in [6.07, 6.45) is 5.87. The second-order valence-corrected chi connectivity index (χ2v) is 7.55. The predicted molar refractivity (Wildman–Crippen MR) is 97.6 cm³/mol. The second kappa shape index (κ2) is 7.78. The highest BCUT2D eigenvalue weighted by molar-refractivity contribution is 5.70. The van der Waals surface area contributed by atoms with Gasteiger partial charge in [-0.2, -0.15) is 0 Å². The van der Waals surface area contributed by atoms with E-state index in [2.05, 4.69) is 46.2 Å². The quantitative estimate of drug-likeness (QED) is 0.884. The van der Waals surface area contributed by atoms with Gasteiger partial charge in [0, 0.05) is 11.1 Å². The lowest BCUT2D eigenvalue weighted by molar-refractivity contribution is -0.136. The molecule has 2 rings (SSSR count). The molecule has 1 fully saturated rings. The molecule has 1 aliphatic heterocycles. The average Bonchev–Trinajstić information content (AvgIpc) is 2.45. The van der Waals surface area contributed by atoms with Crippen LogP contribution in [0.5, 0.6) is 0 Å². The van der Waals surface area contributed by atoms with Gasteiger partial charge in [-0.05, 0) is 65.1 Å². The summed E-state index contributed by atoms with van der Waals surface area (Å²) in [5.74, 6) is -0.804. The van der Waals surface area contributed by atoms with Crippen LogP contribution in [0.1, 0.15) is 58.1 Å². The van der Waals surface area contributed by atoms with E-state index < -0.39 is 5.97 Å². The minimum atomic E-state index is -0.804. The number of aliphatic carboxylic acids is 1. The van der Waals surface area contributed by atoms with Crippen molar-refractivity contribution in [2.24, 2.45) is 0 Å². The molecular formula is C20H31NO2. The maximum Gasteiger partial charge on any atom is 0.307 e. The maximum atomic E-state index is 10.3. The summed E-state index contributed by atoms with van der Waals surface area (Å²) < 4.78 is 0. The first-order chi connectivity index (χ1) is 10.6. The summed E-state index contributed by atoms with van der Waals surface area (Å²) >= 11 is 0. The Morgan fingerprint density at radius 1 is 1.17 bits per heavy atom. The van der Waals surface area contributed by atoms with Crippen LogP contribution < -0.4 is 0 Å². The van der Waals surface area contributed by atoms with Gasteiger partial charge >= 0.3 is 5.97 Å². The Kier molecular flexibility index (Phi) is 6.57. The second-order valence-electron chi connectivity index (χ2n) is 7.55. The first-order valence-corrected chi connectivity index (χ1v) is 8.25. The molecule has 0 amide bonds. The average molecular weight is 317 g/mol. The molecular weight excluding hydrogens is 286 g/mol. The van der Waals surface area contributed by atoms with Crippen molar-refractivity contribution >= 4 is 12.0 Å². The normalized spacial score (nSPS) is 19.3. The number of likely N-dealkylation sites (tertiary alicyclic amines) is 1. The number of hydrogen-bond donors (Lipinski definition) is 1. The summed E-state index contributed by atoms with van der Waals surface area (Å²) in [6.45, 7) is 13.0. The van der Waals surface area contributed by atoms with Crippen molar-refractivity contribution in [2.45, 2.75) is 64.5 Å². The molecule has 0 atom stereocenters. The van der Waals surface area contributed by atoms with E-state index in [-0.39, 0.29) is 6.42 Å². The van der Waals surface area contributed by atoms with Crippen LogP contribution in [0.4, 0.5) is 0 Å². The van der Waals surface area contributed by atoms with Crippen LogP contribution in [-0.2, 0) is 11.2 Å². The third-order valence-electron chi connectivity index (χ3n) is 4.96. The molecule has 0 aromatic heterocycles. The maximum absolute atomic E-state index is 10.3. The number of carboxylic acids is 1. The lowest BCUT2D eigenvalue weighted by Crippen LogP contribution is -2.56. The lowest BCUT2D eigenvalue weighted by atomic mass is 9.80. The van der Waals surface area contributed by atoms with E-state index >= 15 is 0 Å². The summed E-state index contributed by atoms with van der Waals surface area (Å²) in [6, 6.07) is 7.30. The molecule has 0 spiro atoms. The molecule has 1 N–H and O–H groups in total. The number of rotatable bonds is 3. The van der Waals surface area contributed by atoms with Crippen molar-refractivity contribution in [2.75, 3.05) is 7.05 Å². The van der Waals surface area contributed by atoms with Gasteiger partial charge in [-0.15, -0.1) is 0 Å². The van der Waals surface area contributed by atoms with Crippen LogP contribution in [0, 0.1) is 0 Å². The van der Waals surface area contributed by atoms with Gasteiger partial charge in [-0.1, -0.05) is 36.9 Å². The molecule has 128 valence electrons. The van der Waals surface area contributed by atoms with Gasteiger partial charge in [0.25, 0.3) is 0 Å². The molecule has 1 aliphatic rings. The molecule has 23 heavy (non-hydrogen) atoms. The fourth-order valence-corrected chi connectivity index (χ4v) is 3.05. The van der Waals surface area contributed by atoms with E-state index in [1.165, 1.54) is 19.3 Å². The number of nitrogens with zero attached hydrogens (tertiary/aromatic N) is 1. The fourth-order valence-electron chi connectivity index (χ4n) is 3.05. The van der Waals surface area contributed by atoms with Crippen molar-refractivity contribution in [3.05, 3.63) is 42.0 Å². The molecule has 1 heterocycles. The topological polar surface area (TPSA) is 40.5 Å². The van der Waals surface area contributed by atoms with Crippen molar-refractivity contribution in [3.63, 3.8) is 0 Å². The Bertz CT molecular complexity index is 513. The SMILES string of the molecule is C=Cc1ccc(CC(=O)O)cc1.CN1C(C)(C)CCCC1(C)C. The van der Waals surface area contributed by atoms with Crippen LogP contribution in [0.3, 0.4) is 0 Å². The van der Waals surface area contributed by atoms with Gasteiger partial charge in [0.2, 0.25) is 0 Å². The van der Waals surface area contributed by atoms with Crippen LogP contribution in [0.2, 0.25) is 0 Å². The fraction of sp³-hybridized carbons (Fsp3) is 0.550. The zero-order chi connectivity index (χ0) is 17.7. The summed E-state index contributed by atoms with van der Waals surface area (Å²) in [5, 5.41) is 8.47. The van der Waals surface area contributed by atoms with E-state index in [9.17, 15) is 4.79 Å². The zero-order valence-corrected chi connectivity index (χ0v) is 15.2. The number of piperidine rings is 1. The highest BCUT2D eigenvalue weighted by Crippen LogP contribution is 2.36. The van der Waals surface area contributed by atoms with Crippen LogP contribution in [-0.4, -0.2) is 34.1 Å². The Hall–Kier alpha value is -1.61. The summed E-state index contributed by atoms with van der Waals surface area (Å²) in [7, 11) is 2.25. The number of carbonyl (C=O) groups is 1. The summed E-state index contributed by atoms with van der Waals surface area (Å²) in [4.78, 5) is 12.8. The van der Waals surface area contributed by atoms with E-state index in [1.54, 1.807) is 18.2 Å². The molecule has 1 aromatic rings. The molecule has 0 bridgehead atoms. The van der Waals surface area contributed by atoms with E-state index in [4.69, 9.17) is 5.11 Å². The van der Waals surface area contributed by atoms with E-state index in [0.717, 1.165) is 11.1 Å². The molecule has 1 aromatic carbocycles. The third kappa shape index (κ3) is 5.83. The molecule has 0 saturated carbocycles. The highest BCUT2D eigenvalue weighted by atomic mass is 16.4. The van der Waals surface area contributed by atoms with Gasteiger partial charge in [0.05, 0.1) is 6.42 Å². The third-order valence-corrected chi connectivity index (χ3v) is 4.96. The first kappa shape index (κ1) is 19.4. The zero-order valence-electron chi connectivity index (χ0n) is 15.2. The van der Waals surface area contributed by atoms with Crippen LogP contribution >= 0.6 is 0 Å². The Morgan fingerprint density at radius 3 is 2.00 bits per heavy atom. The molecule has 0 aliphatic carbocycles. The molecule has 1 saturated heterocycles. The molecule has 3 nitrogen and oxygen atoms in total. The number of benzene rings is 1. The van der Waals surface area contributed by atoms with Crippen LogP contribution in [0.25, 0.3) is 6.08 Å². The van der Waals surface area contributed by atoms with Gasteiger partial charge in [0.15, 0.2) is 0 Å². The monoisotopic (exact) mass is 317 g/mol.